The number of hydrogen-bond acceptors (Lipinski definition) is 4. The minimum atomic E-state index is -0.461. The number of ether oxygens (including phenoxy) is 2. The van der Waals surface area contributed by atoms with Gasteiger partial charge < -0.3 is 15.2 Å². The topological polar surface area (TPSA) is 61.5 Å². The molecule has 0 aliphatic heterocycles. The Morgan fingerprint density at radius 3 is 2.44 bits per heavy atom. The highest BCUT2D eigenvalue weighted by Gasteiger charge is 2.18. The number of hydrogen-bond donors (Lipinski definition) is 1. The van der Waals surface area contributed by atoms with E-state index in [4.69, 9.17) is 10.5 Å². The molecule has 88 valence electrons. The van der Waals surface area contributed by atoms with E-state index in [0.717, 1.165) is 0 Å². The number of carbonyl (C=O) groups is 1. The third-order valence-electron chi connectivity index (χ3n) is 1.89. The molecule has 1 aromatic carbocycles. The van der Waals surface area contributed by atoms with E-state index in [1.54, 1.807) is 18.2 Å². The van der Waals surface area contributed by atoms with Crippen LogP contribution in [0.15, 0.2) is 18.2 Å². The molecule has 0 heterocycles. The van der Waals surface area contributed by atoms with Crippen molar-refractivity contribution in [2.24, 2.45) is 0 Å². The van der Waals surface area contributed by atoms with Crippen molar-refractivity contribution in [3.63, 3.8) is 0 Å². The summed E-state index contributed by atoms with van der Waals surface area (Å²) in [4.78, 5) is 11.4. The molecule has 2 N–H and O–H groups in total. The highest BCUT2D eigenvalue weighted by atomic mass is 16.5. The van der Waals surface area contributed by atoms with Gasteiger partial charge in [0.1, 0.15) is 11.4 Å². The third-order valence-corrected chi connectivity index (χ3v) is 1.89. The molecule has 0 unspecified atom stereocenters. The molecular formula is C12H17NO3. The molecule has 4 nitrogen and oxygen atoms in total. The molecule has 16 heavy (non-hydrogen) atoms. The molecule has 0 saturated carbocycles. The van der Waals surface area contributed by atoms with Crippen LogP contribution in [0, 0.1) is 0 Å². The maximum atomic E-state index is 11.4. The molecule has 0 spiro atoms. The number of nitrogen functional groups attached to an aromatic ring is 1. The van der Waals surface area contributed by atoms with Crippen molar-refractivity contribution >= 4 is 11.7 Å². The van der Waals surface area contributed by atoms with E-state index in [1.165, 1.54) is 7.11 Å². The number of esters is 1. The van der Waals surface area contributed by atoms with Crippen molar-refractivity contribution in [3.8, 4) is 5.75 Å². The van der Waals surface area contributed by atoms with Crippen LogP contribution in [0.5, 0.6) is 5.75 Å². The van der Waals surface area contributed by atoms with Gasteiger partial charge in [0.2, 0.25) is 0 Å². The average Bonchev–Trinajstić information content (AvgIpc) is 2.18. The molecule has 1 rings (SSSR count). The first-order valence-electron chi connectivity index (χ1n) is 5.01. The van der Waals surface area contributed by atoms with E-state index in [1.807, 2.05) is 20.8 Å². The third kappa shape index (κ3) is 2.89. The summed E-state index contributed by atoms with van der Waals surface area (Å²) in [5, 5.41) is 0. The second-order valence-corrected chi connectivity index (χ2v) is 4.42. The fraction of sp³-hybridized carbons (Fsp3) is 0.417. The normalized spacial score (nSPS) is 11.0. The Hall–Kier alpha value is -1.71. The van der Waals surface area contributed by atoms with Gasteiger partial charge in [-0.1, -0.05) is 6.07 Å². The largest absolute Gasteiger partial charge is 0.486 e. The van der Waals surface area contributed by atoms with Gasteiger partial charge in [0, 0.05) is 0 Å². The number of anilines is 1. The summed E-state index contributed by atoms with van der Waals surface area (Å²) in [6.07, 6.45) is 0. The molecule has 1 aromatic rings. The lowest BCUT2D eigenvalue weighted by molar-refractivity contribution is 0.0600. The van der Waals surface area contributed by atoms with Crippen LogP contribution in [-0.2, 0) is 4.74 Å². The predicted molar refractivity (Wildman–Crippen MR) is 62.6 cm³/mol. The zero-order valence-corrected chi connectivity index (χ0v) is 10.0. The van der Waals surface area contributed by atoms with E-state index >= 15 is 0 Å². The highest BCUT2D eigenvalue weighted by Crippen LogP contribution is 2.28. The molecule has 0 saturated heterocycles. The van der Waals surface area contributed by atoms with Crippen molar-refractivity contribution in [3.05, 3.63) is 23.8 Å². The molecule has 0 radical (unpaired) electrons. The van der Waals surface area contributed by atoms with E-state index in [0.29, 0.717) is 17.0 Å². The fourth-order valence-electron chi connectivity index (χ4n) is 1.25. The molecule has 0 atom stereocenters. The first-order chi connectivity index (χ1) is 7.35. The van der Waals surface area contributed by atoms with Crippen LogP contribution in [0.25, 0.3) is 0 Å². The average molecular weight is 223 g/mol. The summed E-state index contributed by atoms with van der Waals surface area (Å²) in [5.41, 5.74) is 6.12. The molecule has 0 aliphatic rings. The minimum absolute atomic E-state index is 0.310. The molecule has 0 aliphatic carbocycles. The van der Waals surface area contributed by atoms with Crippen molar-refractivity contribution in [2.75, 3.05) is 12.8 Å². The molecule has 0 bridgehead atoms. The summed E-state index contributed by atoms with van der Waals surface area (Å²) in [5.74, 6) is 0.0345. The summed E-state index contributed by atoms with van der Waals surface area (Å²) in [7, 11) is 1.32. The lowest BCUT2D eigenvalue weighted by Gasteiger charge is -2.22. The van der Waals surface area contributed by atoms with Crippen molar-refractivity contribution in [2.45, 2.75) is 26.4 Å². The SMILES string of the molecule is COC(=O)c1cccc(OC(C)(C)C)c1N. The number of para-hydroxylation sites is 1. The van der Waals surface area contributed by atoms with Crippen LogP contribution in [0.2, 0.25) is 0 Å². The molecule has 0 aromatic heterocycles. The standard InChI is InChI=1S/C12H17NO3/c1-12(2,3)16-9-7-5-6-8(10(9)13)11(14)15-4/h5-7H,13H2,1-4H3. The van der Waals surface area contributed by atoms with Crippen LogP contribution in [0.3, 0.4) is 0 Å². The van der Waals surface area contributed by atoms with Crippen molar-refractivity contribution in [1.29, 1.82) is 0 Å². The van der Waals surface area contributed by atoms with Gasteiger partial charge >= 0.3 is 5.97 Å². The predicted octanol–water partition coefficient (Wildman–Crippen LogP) is 2.23. The number of methoxy groups -OCH3 is 1. The van der Waals surface area contributed by atoms with Gasteiger partial charge in [-0.2, -0.15) is 0 Å². The van der Waals surface area contributed by atoms with E-state index in [2.05, 4.69) is 4.74 Å². The van der Waals surface area contributed by atoms with Crippen LogP contribution in [0.1, 0.15) is 31.1 Å². The Kier molecular flexibility index (Phi) is 3.42. The highest BCUT2D eigenvalue weighted by molar-refractivity contribution is 5.96. The molecule has 0 amide bonds. The number of benzene rings is 1. The minimum Gasteiger partial charge on any atom is -0.486 e. The lowest BCUT2D eigenvalue weighted by atomic mass is 10.1. The summed E-state index contributed by atoms with van der Waals surface area (Å²) >= 11 is 0. The summed E-state index contributed by atoms with van der Waals surface area (Å²) in [6.45, 7) is 5.74. The van der Waals surface area contributed by atoms with Gasteiger partial charge in [-0.3, -0.25) is 0 Å². The fourth-order valence-corrected chi connectivity index (χ4v) is 1.25. The van der Waals surface area contributed by atoms with Gasteiger partial charge in [-0.15, -0.1) is 0 Å². The first kappa shape index (κ1) is 12.4. The molecule has 4 heteroatoms. The van der Waals surface area contributed by atoms with Gasteiger partial charge in [0.15, 0.2) is 0 Å². The Bertz CT molecular complexity index is 394. The summed E-state index contributed by atoms with van der Waals surface area (Å²) < 4.78 is 10.3. The summed E-state index contributed by atoms with van der Waals surface area (Å²) in [6, 6.07) is 5.05. The van der Waals surface area contributed by atoms with Gasteiger partial charge in [-0.25, -0.2) is 4.79 Å². The van der Waals surface area contributed by atoms with Crippen LogP contribution >= 0.6 is 0 Å². The van der Waals surface area contributed by atoms with Crippen molar-refractivity contribution < 1.29 is 14.3 Å². The second kappa shape index (κ2) is 4.43. The van der Waals surface area contributed by atoms with Crippen molar-refractivity contribution in [1.82, 2.24) is 0 Å². The van der Waals surface area contributed by atoms with E-state index in [-0.39, 0.29) is 5.60 Å². The Labute approximate surface area is 95.3 Å². The maximum absolute atomic E-state index is 11.4. The van der Waals surface area contributed by atoms with Crippen LogP contribution in [-0.4, -0.2) is 18.7 Å². The van der Waals surface area contributed by atoms with Crippen LogP contribution < -0.4 is 10.5 Å². The zero-order valence-electron chi connectivity index (χ0n) is 10.0. The Morgan fingerprint density at radius 1 is 1.31 bits per heavy atom. The Morgan fingerprint density at radius 2 is 1.94 bits per heavy atom. The lowest BCUT2D eigenvalue weighted by Crippen LogP contribution is -2.24. The van der Waals surface area contributed by atoms with Gasteiger partial charge in [0.25, 0.3) is 0 Å². The van der Waals surface area contributed by atoms with Gasteiger partial charge in [0.05, 0.1) is 18.4 Å². The number of carbonyl (C=O) groups excluding carboxylic acids is 1. The van der Waals surface area contributed by atoms with E-state index in [9.17, 15) is 4.79 Å². The van der Waals surface area contributed by atoms with Crippen LogP contribution in [0.4, 0.5) is 5.69 Å². The number of rotatable bonds is 2. The maximum Gasteiger partial charge on any atom is 0.340 e. The van der Waals surface area contributed by atoms with Gasteiger partial charge in [-0.05, 0) is 32.9 Å². The second-order valence-electron chi connectivity index (χ2n) is 4.42. The monoisotopic (exact) mass is 223 g/mol. The number of nitrogens with two attached hydrogens (primary N) is 1. The molecule has 0 fully saturated rings. The quantitative estimate of drug-likeness (QED) is 0.617. The molecular weight excluding hydrogens is 206 g/mol. The Balaban J connectivity index is 3.09. The zero-order chi connectivity index (χ0) is 12.3. The smallest absolute Gasteiger partial charge is 0.340 e. The van der Waals surface area contributed by atoms with E-state index < -0.39 is 5.97 Å². The first-order valence-corrected chi connectivity index (χ1v) is 5.01.